The number of rotatable bonds is 4. The molecule has 0 heterocycles. The first kappa shape index (κ1) is 12.0. The van der Waals surface area contributed by atoms with Crippen LogP contribution in [0.15, 0.2) is 0 Å². The zero-order valence-corrected chi connectivity index (χ0v) is 6.69. The van der Waals surface area contributed by atoms with Crippen molar-refractivity contribution in [1.29, 1.82) is 0 Å². The van der Waals surface area contributed by atoms with Crippen molar-refractivity contribution in [1.82, 2.24) is 6.15 Å². The van der Waals surface area contributed by atoms with Gasteiger partial charge in [-0.25, -0.2) is 0 Å². The largest absolute Gasteiger partial charge is 0.820 e. The number of quaternary nitrogens is 1. The first-order chi connectivity index (χ1) is 3.77. The van der Waals surface area contributed by atoms with Crippen molar-refractivity contribution in [2.45, 2.75) is 19.8 Å². The minimum Gasteiger partial charge on any atom is -0.820 e. The minimum absolute atomic E-state index is 0. The van der Waals surface area contributed by atoms with Crippen molar-refractivity contribution in [2.24, 2.45) is 0 Å². The van der Waals surface area contributed by atoms with E-state index in [0.717, 1.165) is 12.8 Å². The molecule has 0 atom stereocenters. The van der Waals surface area contributed by atoms with Gasteiger partial charge < -0.3 is 20.5 Å². The molecular formula is C4H13NO3P-. The molecule has 0 saturated carbocycles. The Hall–Kier alpha value is 0.270. The van der Waals surface area contributed by atoms with Crippen LogP contribution in [0.2, 0.25) is 0 Å². The van der Waals surface area contributed by atoms with Crippen molar-refractivity contribution < 1.29 is 14.3 Å². The molecule has 0 rings (SSSR count). The van der Waals surface area contributed by atoms with E-state index in [1.807, 2.05) is 6.92 Å². The summed E-state index contributed by atoms with van der Waals surface area (Å²) in [5, 5.41) is 0. The Kier molecular flexibility index (Phi) is 11.0. The summed E-state index contributed by atoms with van der Waals surface area (Å²) in [5.41, 5.74) is 0. The molecule has 0 spiro atoms. The van der Waals surface area contributed by atoms with Gasteiger partial charge in [0.05, 0.1) is 0 Å². The van der Waals surface area contributed by atoms with Crippen LogP contribution in [0, 0.1) is 0 Å². The molecule has 4 nitrogen and oxygen atoms in total. The van der Waals surface area contributed by atoms with Crippen LogP contribution in [0.4, 0.5) is 0 Å². The van der Waals surface area contributed by atoms with Crippen molar-refractivity contribution in [2.75, 3.05) is 6.61 Å². The van der Waals surface area contributed by atoms with E-state index in [4.69, 9.17) is 0 Å². The lowest BCUT2D eigenvalue weighted by Crippen LogP contribution is -2.10. The summed E-state index contributed by atoms with van der Waals surface area (Å²) in [6.45, 7) is 2.30. The van der Waals surface area contributed by atoms with Gasteiger partial charge in [-0.05, 0) is 6.42 Å². The first-order valence-corrected chi connectivity index (χ1v) is 3.64. The van der Waals surface area contributed by atoms with Gasteiger partial charge in [-0.3, -0.25) is 0 Å². The molecule has 0 aromatic rings. The molecule has 9 heavy (non-hydrogen) atoms. The van der Waals surface area contributed by atoms with Crippen molar-refractivity contribution in [3.05, 3.63) is 0 Å². The van der Waals surface area contributed by atoms with Gasteiger partial charge in [-0.15, -0.1) is 0 Å². The van der Waals surface area contributed by atoms with E-state index in [9.17, 15) is 9.79 Å². The van der Waals surface area contributed by atoms with Crippen LogP contribution in [-0.4, -0.2) is 6.61 Å². The molecule has 58 valence electrons. The molecule has 0 aromatic carbocycles. The van der Waals surface area contributed by atoms with Gasteiger partial charge in [0, 0.05) is 6.61 Å². The maximum Gasteiger partial charge on any atom is 0.0476 e. The van der Waals surface area contributed by atoms with Crippen LogP contribution in [0.1, 0.15) is 19.8 Å². The molecule has 0 bridgehead atoms. The Morgan fingerprint density at radius 2 is 2.00 bits per heavy atom. The van der Waals surface area contributed by atoms with E-state index < -0.39 is 8.60 Å². The Balaban J connectivity index is 0. The number of hydrogen-bond acceptors (Lipinski definition) is 3. The first-order valence-electron chi connectivity index (χ1n) is 2.54. The Bertz CT molecular complexity index is 53.1. The standard InChI is InChI=1S/C4H9O3P.H3N/c1-2-3-4-7-8(5)6;/h2-4H2,1H3;1H3/q-2;/p+1. The molecule has 0 amide bonds. The zero-order valence-electron chi connectivity index (χ0n) is 5.79. The summed E-state index contributed by atoms with van der Waals surface area (Å²) in [5.74, 6) is 0. The fraction of sp³-hybridized carbons (Fsp3) is 1.00. The fourth-order valence-corrected chi connectivity index (χ4v) is 0.562. The molecule has 0 aliphatic heterocycles. The predicted molar refractivity (Wildman–Crippen MR) is 33.8 cm³/mol. The Morgan fingerprint density at radius 1 is 1.44 bits per heavy atom. The second kappa shape index (κ2) is 8.27. The zero-order chi connectivity index (χ0) is 6.41. The van der Waals surface area contributed by atoms with E-state index in [1.54, 1.807) is 0 Å². The summed E-state index contributed by atoms with van der Waals surface area (Å²) >= 11 is 0. The summed E-state index contributed by atoms with van der Waals surface area (Å²) in [4.78, 5) is 19.4. The van der Waals surface area contributed by atoms with Crippen LogP contribution in [0.3, 0.4) is 0 Å². The van der Waals surface area contributed by atoms with Gasteiger partial charge in [0.2, 0.25) is 0 Å². The van der Waals surface area contributed by atoms with Crippen LogP contribution in [0.25, 0.3) is 0 Å². The van der Waals surface area contributed by atoms with E-state index in [1.165, 1.54) is 0 Å². The minimum atomic E-state index is -2.61. The summed E-state index contributed by atoms with van der Waals surface area (Å²) in [6, 6.07) is 0. The highest BCUT2D eigenvalue weighted by Gasteiger charge is 1.78. The summed E-state index contributed by atoms with van der Waals surface area (Å²) in [6.07, 6.45) is 1.77. The van der Waals surface area contributed by atoms with Crippen molar-refractivity contribution in [3.63, 3.8) is 0 Å². The second-order valence-electron chi connectivity index (χ2n) is 1.41. The second-order valence-corrected chi connectivity index (χ2v) is 2.12. The van der Waals surface area contributed by atoms with Gasteiger partial charge in [-0.2, -0.15) is 8.60 Å². The third-order valence-electron chi connectivity index (χ3n) is 0.695. The van der Waals surface area contributed by atoms with Gasteiger partial charge in [0.1, 0.15) is 0 Å². The maximum absolute atomic E-state index is 9.69. The number of unbranched alkanes of at least 4 members (excludes halogenated alkanes) is 1. The van der Waals surface area contributed by atoms with E-state index >= 15 is 0 Å². The molecule has 0 saturated heterocycles. The van der Waals surface area contributed by atoms with E-state index in [2.05, 4.69) is 4.52 Å². The molecule has 0 radical (unpaired) electrons. The smallest absolute Gasteiger partial charge is 0.0476 e. The molecular weight excluding hydrogens is 141 g/mol. The van der Waals surface area contributed by atoms with Crippen molar-refractivity contribution in [3.8, 4) is 0 Å². The SMILES string of the molecule is CCCCOP([O-])[O-].[NH4+]. The highest BCUT2D eigenvalue weighted by molar-refractivity contribution is 7.36. The van der Waals surface area contributed by atoms with Crippen LogP contribution in [-0.2, 0) is 4.52 Å². The molecule has 0 aliphatic rings. The summed E-state index contributed by atoms with van der Waals surface area (Å²) < 4.78 is 4.24. The Morgan fingerprint density at radius 3 is 2.33 bits per heavy atom. The predicted octanol–water partition coefficient (Wildman–Crippen LogP) is 0.127. The number of hydrogen-bond donors (Lipinski definition) is 1. The van der Waals surface area contributed by atoms with Crippen LogP contribution >= 0.6 is 8.60 Å². The summed E-state index contributed by atoms with van der Waals surface area (Å²) in [7, 11) is -2.61. The monoisotopic (exact) mass is 154 g/mol. The lowest BCUT2D eigenvalue weighted by atomic mass is 10.4. The third kappa shape index (κ3) is 11.7. The quantitative estimate of drug-likeness (QED) is 0.460. The molecule has 4 N–H and O–H groups in total. The van der Waals surface area contributed by atoms with E-state index in [0.29, 0.717) is 6.61 Å². The highest BCUT2D eigenvalue weighted by Crippen LogP contribution is 2.12. The average molecular weight is 154 g/mol. The van der Waals surface area contributed by atoms with Gasteiger partial charge in [0.25, 0.3) is 0 Å². The molecule has 0 unspecified atom stereocenters. The highest BCUT2D eigenvalue weighted by atomic mass is 31.2. The lowest BCUT2D eigenvalue weighted by Gasteiger charge is -2.28. The van der Waals surface area contributed by atoms with Crippen LogP contribution < -0.4 is 15.9 Å². The van der Waals surface area contributed by atoms with Gasteiger partial charge >= 0.3 is 0 Å². The molecule has 5 heteroatoms. The third-order valence-corrected chi connectivity index (χ3v) is 1.09. The van der Waals surface area contributed by atoms with Crippen LogP contribution in [0.5, 0.6) is 0 Å². The lowest BCUT2D eigenvalue weighted by molar-refractivity contribution is -0.318. The molecule has 0 fully saturated rings. The van der Waals surface area contributed by atoms with Gasteiger partial charge in [-0.1, -0.05) is 13.3 Å². The topological polar surface area (TPSA) is 91.8 Å². The average Bonchev–Trinajstić information content (AvgIpc) is 1.66. The van der Waals surface area contributed by atoms with Gasteiger partial charge in [0.15, 0.2) is 0 Å². The van der Waals surface area contributed by atoms with E-state index in [-0.39, 0.29) is 6.15 Å². The molecule has 0 aliphatic carbocycles. The Labute approximate surface area is 56.4 Å². The normalized spacial score (nSPS) is 9.33. The maximum atomic E-state index is 9.69. The van der Waals surface area contributed by atoms with Crippen molar-refractivity contribution >= 4 is 8.60 Å². The fourth-order valence-electron chi connectivity index (χ4n) is 0.283. The molecule has 0 aromatic heterocycles.